The molecule has 1 aliphatic carbocycles. The summed E-state index contributed by atoms with van der Waals surface area (Å²) in [6.07, 6.45) is -1.34. The summed E-state index contributed by atoms with van der Waals surface area (Å²) in [5, 5.41) is -0.198. The third kappa shape index (κ3) is 5.29. The number of hydrogen-bond donors (Lipinski definition) is 2. The Labute approximate surface area is 237 Å². The van der Waals surface area contributed by atoms with E-state index in [-0.39, 0.29) is 36.2 Å². The van der Waals surface area contributed by atoms with E-state index in [0.717, 1.165) is 25.1 Å². The van der Waals surface area contributed by atoms with Gasteiger partial charge in [0.15, 0.2) is 0 Å². The molecule has 4 amide bonds. The molecule has 2 aliphatic heterocycles. The lowest BCUT2D eigenvalue weighted by molar-refractivity contribution is -0.158. The highest BCUT2D eigenvalue weighted by atomic mass is 35.5. The molecule has 2 atom stereocenters. The molecule has 3 aliphatic rings. The highest BCUT2D eigenvalue weighted by Crippen LogP contribution is 2.62. The Morgan fingerprint density at radius 3 is 2.10 bits per heavy atom. The van der Waals surface area contributed by atoms with Gasteiger partial charge < -0.3 is 14.5 Å². The lowest BCUT2D eigenvalue weighted by Gasteiger charge is -2.51. The summed E-state index contributed by atoms with van der Waals surface area (Å²) in [6, 6.07) is 2.82. The van der Waals surface area contributed by atoms with Gasteiger partial charge in [-0.2, -0.15) is 8.78 Å². The van der Waals surface area contributed by atoms with Crippen molar-refractivity contribution in [3.05, 3.63) is 33.8 Å². The third-order valence-corrected chi connectivity index (χ3v) is 8.25. The molecular weight excluding hydrogens is 583 g/mol. The number of likely N-dealkylation sites (tertiary alicyclic amines) is 2. The molecule has 9 nitrogen and oxygen atoms in total. The Balaban J connectivity index is 1.47. The summed E-state index contributed by atoms with van der Waals surface area (Å²) in [4.78, 5) is 53.4. The first kappa shape index (κ1) is 30.2. The number of hydrogen-bond acceptors (Lipinski definition) is 5. The molecule has 2 unspecified atom stereocenters. The largest absolute Gasteiger partial charge is 0.444 e. The van der Waals surface area contributed by atoms with Gasteiger partial charge in [0.2, 0.25) is 11.8 Å². The number of nitrogens with one attached hydrogen (secondary N) is 2. The topological polar surface area (TPSA) is 108 Å². The molecule has 3 fully saturated rings. The first-order valence-electron chi connectivity index (χ1n) is 12.3. The number of carbonyl (C=O) groups is 4. The van der Waals surface area contributed by atoms with Gasteiger partial charge in [0.05, 0.1) is 16.0 Å². The summed E-state index contributed by atoms with van der Waals surface area (Å²) in [7, 11) is 0. The van der Waals surface area contributed by atoms with Gasteiger partial charge in [0.1, 0.15) is 11.0 Å². The van der Waals surface area contributed by atoms with Gasteiger partial charge in [-0.3, -0.25) is 25.2 Å². The van der Waals surface area contributed by atoms with E-state index in [4.69, 9.17) is 27.9 Å². The van der Waals surface area contributed by atoms with Crippen LogP contribution in [0.15, 0.2) is 18.2 Å². The smallest absolute Gasteiger partial charge is 0.410 e. The summed E-state index contributed by atoms with van der Waals surface area (Å²) >= 11 is 11.5. The first-order valence-corrected chi connectivity index (χ1v) is 13.1. The molecular formula is C25H28Cl2F4N4O5. The maximum Gasteiger partial charge on any atom is 0.410 e. The van der Waals surface area contributed by atoms with E-state index in [1.54, 1.807) is 26.2 Å². The molecule has 2 heterocycles. The van der Waals surface area contributed by atoms with Gasteiger partial charge >= 0.3 is 17.9 Å². The van der Waals surface area contributed by atoms with E-state index < -0.39 is 70.0 Å². The van der Waals surface area contributed by atoms with Crippen molar-refractivity contribution in [2.75, 3.05) is 26.2 Å². The Bertz CT molecular complexity index is 1270. The second kappa shape index (κ2) is 9.64. The van der Waals surface area contributed by atoms with Crippen LogP contribution in [0.4, 0.5) is 22.4 Å². The predicted octanol–water partition coefficient (Wildman–Crippen LogP) is 3.97. The van der Waals surface area contributed by atoms with Crippen LogP contribution < -0.4 is 10.9 Å². The first-order chi connectivity index (χ1) is 18.2. The molecule has 1 aromatic rings. The number of nitrogens with zero attached hydrogens (tertiary/aromatic N) is 2. The van der Waals surface area contributed by atoms with Gasteiger partial charge in [-0.1, -0.05) is 29.3 Å². The molecule has 0 aromatic heterocycles. The van der Waals surface area contributed by atoms with Crippen LogP contribution in [0, 0.1) is 16.7 Å². The van der Waals surface area contributed by atoms with Crippen LogP contribution in [-0.4, -0.2) is 71.3 Å². The lowest BCUT2D eigenvalue weighted by atomic mass is 9.70. The Morgan fingerprint density at radius 2 is 1.57 bits per heavy atom. The highest BCUT2D eigenvalue weighted by molar-refractivity contribution is 6.42. The van der Waals surface area contributed by atoms with Crippen molar-refractivity contribution < 1.29 is 41.5 Å². The number of amides is 4. The van der Waals surface area contributed by atoms with Crippen molar-refractivity contribution in [3.63, 3.8) is 0 Å². The highest BCUT2D eigenvalue weighted by Gasteiger charge is 2.75. The Hall–Kier alpha value is -2.80. The van der Waals surface area contributed by atoms with E-state index in [1.165, 1.54) is 9.80 Å². The number of alkyl halides is 4. The molecule has 0 bridgehead atoms. The summed E-state index contributed by atoms with van der Waals surface area (Å²) in [5.41, 5.74) is -0.839. The van der Waals surface area contributed by atoms with Crippen molar-refractivity contribution in [2.45, 2.75) is 51.6 Å². The minimum Gasteiger partial charge on any atom is -0.444 e. The van der Waals surface area contributed by atoms with Crippen molar-refractivity contribution >= 4 is 47.0 Å². The minimum atomic E-state index is -4.10. The van der Waals surface area contributed by atoms with Gasteiger partial charge in [0, 0.05) is 43.6 Å². The fourth-order valence-electron chi connectivity index (χ4n) is 5.06. The second-order valence-corrected chi connectivity index (χ2v) is 12.6. The van der Waals surface area contributed by atoms with Gasteiger partial charge in [-0.15, -0.1) is 0 Å². The monoisotopic (exact) mass is 610 g/mol. The zero-order valence-corrected chi connectivity index (χ0v) is 23.6. The minimum absolute atomic E-state index is 0.00317. The van der Waals surface area contributed by atoms with Crippen molar-refractivity contribution in [3.8, 4) is 0 Å². The average Bonchev–Trinajstić information content (AvgIpc) is 3.14. The van der Waals surface area contributed by atoms with Gasteiger partial charge in [0.25, 0.3) is 5.92 Å². The van der Waals surface area contributed by atoms with Gasteiger partial charge in [-0.05, 0) is 39.8 Å². The SMILES string of the molecule is CC(C)(C)OC(=O)N1CC(C(=O)NNC(=O)C(F)(F)c2ccc(Cl)c(Cl)c2)C2(C1)CN(C(=O)C1(C)CC1(F)F)C2. The molecule has 1 spiro atoms. The number of ether oxygens (including phenoxy) is 1. The maximum absolute atomic E-state index is 14.7. The standard InChI is InChI=1S/C25H28Cl2F4N4O5/c1-21(2,3)40-20(39)34-8-14(23(10-34)11-35(12-23)19(38)22(4)9-24(22,28)29)17(36)32-33-18(37)25(30,31)13-5-6-15(26)16(27)7-13/h5-7,14H,8-12H2,1-4H3,(H,32,36)(H,33,37). The molecule has 2 N–H and O–H groups in total. The fraction of sp³-hybridized carbons (Fsp3) is 0.600. The lowest BCUT2D eigenvalue weighted by Crippen LogP contribution is -2.66. The summed E-state index contributed by atoms with van der Waals surface area (Å²) in [5.74, 6) is -11.8. The molecule has 1 aromatic carbocycles. The predicted molar refractivity (Wildman–Crippen MR) is 135 cm³/mol. The van der Waals surface area contributed by atoms with E-state index in [9.17, 15) is 36.7 Å². The van der Waals surface area contributed by atoms with E-state index >= 15 is 0 Å². The molecule has 4 rings (SSSR count). The Kier molecular flexibility index (Phi) is 7.27. The van der Waals surface area contributed by atoms with Crippen molar-refractivity contribution in [2.24, 2.45) is 16.7 Å². The van der Waals surface area contributed by atoms with Crippen LogP contribution in [0.2, 0.25) is 10.0 Å². The molecule has 1 saturated carbocycles. The number of benzene rings is 1. The number of carbonyl (C=O) groups excluding carboxylic acids is 4. The second-order valence-electron chi connectivity index (χ2n) is 11.8. The van der Waals surface area contributed by atoms with Crippen LogP contribution in [0.25, 0.3) is 0 Å². The van der Waals surface area contributed by atoms with Crippen LogP contribution in [0.3, 0.4) is 0 Å². The number of rotatable bonds is 4. The van der Waals surface area contributed by atoms with E-state index in [1.807, 2.05) is 5.43 Å². The third-order valence-electron chi connectivity index (χ3n) is 7.51. The number of halogens is 6. The average molecular weight is 611 g/mol. The summed E-state index contributed by atoms with van der Waals surface area (Å²) in [6.45, 7) is 5.58. The molecule has 0 radical (unpaired) electrons. The van der Waals surface area contributed by atoms with Crippen LogP contribution in [-0.2, 0) is 25.0 Å². The van der Waals surface area contributed by atoms with Crippen molar-refractivity contribution in [1.29, 1.82) is 0 Å². The van der Waals surface area contributed by atoms with Crippen molar-refractivity contribution in [1.82, 2.24) is 20.7 Å². The number of hydrazine groups is 1. The summed E-state index contributed by atoms with van der Waals surface area (Å²) < 4.78 is 62.4. The molecule has 2 saturated heterocycles. The van der Waals surface area contributed by atoms with E-state index in [2.05, 4.69) is 0 Å². The molecule has 40 heavy (non-hydrogen) atoms. The maximum atomic E-state index is 14.7. The zero-order valence-electron chi connectivity index (χ0n) is 22.0. The normalized spacial score (nSPS) is 24.8. The zero-order chi connectivity index (χ0) is 30.1. The van der Waals surface area contributed by atoms with E-state index in [0.29, 0.717) is 0 Å². The van der Waals surface area contributed by atoms with Crippen LogP contribution in [0.5, 0.6) is 0 Å². The quantitative estimate of drug-likeness (QED) is 0.396. The van der Waals surface area contributed by atoms with Gasteiger partial charge in [-0.25, -0.2) is 13.6 Å². The fourth-order valence-corrected chi connectivity index (χ4v) is 5.36. The van der Waals surface area contributed by atoms with Crippen LogP contribution in [0.1, 0.15) is 39.7 Å². The molecule has 220 valence electrons. The molecule has 15 heteroatoms. The van der Waals surface area contributed by atoms with Crippen LogP contribution >= 0.6 is 23.2 Å². The Morgan fingerprint density at radius 1 is 1.00 bits per heavy atom.